The van der Waals surface area contributed by atoms with Crippen LogP contribution < -0.4 is 17.2 Å². The van der Waals surface area contributed by atoms with Crippen LogP contribution in [0.2, 0.25) is 0 Å². The van der Waals surface area contributed by atoms with Crippen molar-refractivity contribution in [2.75, 3.05) is 0 Å². The molecule has 2 heteroatoms. The first-order chi connectivity index (χ1) is 8.65. The number of benzene rings is 2. The van der Waals surface area contributed by atoms with Crippen LogP contribution >= 0.6 is 18.6 Å². The molecule has 2 rings (SSSR count). The van der Waals surface area contributed by atoms with Crippen molar-refractivity contribution in [3.8, 4) is 0 Å². The normalized spacial score (nSPS) is 14.2. The van der Waals surface area contributed by atoms with E-state index in [0.29, 0.717) is 3.42 Å². The topological polar surface area (TPSA) is 0 Å². The Balaban J connectivity index is 2.32. The Hall–Kier alpha value is -0.100. The van der Waals surface area contributed by atoms with Gasteiger partial charge in [0.1, 0.15) is 0 Å². The largest absolute Gasteiger partial charge is 0.357 e. The predicted octanol–water partition coefficient (Wildman–Crippen LogP) is 1.89. The standard InChI is InChI=1S/C16H17I2/c1-13-8-6-7-9-14(13)12-16(2,18-17)15-10-4-3-5-11-15/h3-11H,12H2,1-2H3/q+1. The zero-order valence-corrected chi connectivity index (χ0v) is 15.0. The molecule has 0 aromatic heterocycles. The van der Waals surface area contributed by atoms with E-state index in [0.717, 1.165) is 6.42 Å². The van der Waals surface area contributed by atoms with Crippen LogP contribution in [-0.2, 0) is 9.84 Å². The molecule has 0 saturated carbocycles. The van der Waals surface area contributed by atoms with Gasteiger partial charge in [0.15, 0.2) is 3.42 Å². The van der Waals surface area contributed by atoms with Gasteiger partial charge in [0, 0.05) is 12.0 Å². The Morgan fingerprint density at radius 2 is 1.61 bits per heavy atom. The van der Waals surface area contributed by atoms with Crippen LogP contribution in [0.1, 0.15) is 23.6 Å². The average Bonchev–Trinajstić information content (AvgIpc) is 2.42. The highest BCUT2D eigenvalue weighted by Crippen LogP contribution is 2.21. The van der Waals surface area contributed by atoms with Gasteiger partial charge in [0.05, 0.1) is 0 Å². The number of hydrogen-bond acceptors (Lipinski definition) is 0. The number of rotatable bonds is 4. The van der Waals surface area contributed by atoms with Crippen molar-refractivity contribution in [2.24, 2.45) is 0 Å². The zero-order valence-electron chi connectivity index (χ0n) is 10.7. The second kappa shape index (κ2) is 6.37. The molecule has 0 heterocycles. The number of halogens is 2. The van der Waals surface area contributed by atoms with Crippen LogP contribution in [0.3, 0.4) is 0 Å². The van der Waals surface area contributed by atoms with Crippen LogP contribution in [0, 0.1) is 6.92 Å². The van der Waals surface area contributed by atoms with Gasteiger partial charge in [-0.15, -0.1) is 0 Å². The fraction of sp³-hybridized carbons (Fsp3) is 0.250. The molecule has 1 unspecified atom stereocenters. The van der Waals surface area contributed by atoms with E-state index in [2.05, 4.69) is 87.1 Å². The Labute approximate surface area is 130 Å². The highest BCUT2D eigenvalue weighted by atomic mass is 128. The molecule has 0 fully saturated rings. The molecule has 0 amide bonds. The lowest BCUT2D eigenvalue weighted by Gasteiger charge is -2.18. The van der Waals surface area contributed by atoms with Crippen LogP contribution in [0.25, 0.3) is 0 Å². The fourth-order valence-corrected chi connectivity index (χ4v) is 5.82. The maximum atomic E-state index is 2.62. The maximum absolute atomic E-state index is 2.62. The summed E-state index contributed by atoms with van der Waals surface area (Å²) in [6.45, 7) is 4.63. The van der Waals surface area contributed by atoms with Crippen molar-refractivity contribution in [1.82, 2.24) is 0 Å². The van der Waals surface area contributed by atoms with Crippen LogP contribution in [-0.4, -0.2) is 0 Å². The summed E-state index contributed by atoms with van der Waals surface area (Å²) in [4.78, 5) is 0. The van der Waals surface area contributed by atoms with Crippen LogP contribution in [0.15, 0.2) is 54.6 Å². The van der Waals surface area contributed by atoms with Gasteiger partial charge in [0.2, 0.25) is 0 Å². The van der Waals surface area contributed by atoms with Gasteiger partial charge in [-0.1, -0.05) is 54.6 Å². The minimum atomic E-state index is 0.111. The van der Waals surface area contributed by atoms with Crippen molar-refractivity contribution in [3.05, 3.63) is 71.3 Å². The first kappa shape index (κ1) is 14.3. The van der Waals surface area contributed by atoms with Gasteiger partial charge in [-0.2, -0.15) is 0 Å². The number of aryl methyl sites for hydroxylation is 1. The third-order valence-electron chi connectivity index (χ3n) is 3.32. The molecule has 0 saturated heterocycles. The third-order valence-corrected chi connectivity index (χ3v) is 11.3. The van der Waals surface area contributed by atoms with Gasteiger partial charge < -0.3 is 0 Å². The van der Waals surface area contributed by atoms with Gasteiger partial charge >= 0.3 is 17.2 Å². The number of alkyl halides is 1. The average molecular weight is 463 g/mol. The van der Waals surface area contributed by atoms with E-state index in [9.17, 15) is 0 Å². The molecule has 0 aliphatic heterocycles. The van der Waals surface area contributed by atoms with E-state index < -0.39 is 0 Å². The van der Waals surface area contributed by atoms with E-state index in [1.807, 2.05) is 0 Å². The summed E-state index contributed by atoms with van der Waals surface area (Å²) >= 11 is 2.73. The highest BCUT2D eigenvalue weighted by molar-refractivity contribution is 14.1. The van der Waals surface area contributed by atoms with Crippen LogP contribution in [0.4, 0.5) is 0 Å². The van der Waals surface area contributed by atoms with E-state index in [1.54, 1.807) is 0 Å². The summed E-state index contributed by atoms with van der Waals surface area (Å²) in [5.74, 6) is 0. The quantitative estimate of drug-likeness (QED) is 0.481. The van der Waals surface area contributed by atoms with E-state index in [-0.39, 0.29) is 17.2 Å². The molecule has 2 aromatic rings. The molecule has 0 aliphatic carbocycles. The van der Waals surface area contributed by atoms with E-state index in [1.165, 1.54) is 16.7 Å². The smallest absolute Gasteiger partial charge is 0.0622 e. The highest BCUT2D eigenvalue weighted by Gasteiger charge is 2.40. The first-order valence-corrected chi connectivity index (χ1v) is 13.4. The summed E-state index contributed by atoms with van der Waals surface area (Å²) in [6, 6.07) is 19.7. The second-order valence-corrected chi connectivity index (χ2v) is 10.3. The van der Waals surface area contributed by atoms with Crippen molar-refractivity contribution < 1.29 is 17.2 Å². The van der Waals surface area contributed by atoms with Gasteiger partial charge in [0.25, 0.3) is 18.6 Å². The summed E-state index contributed by atoms with van der Waals surface area (Å²) < 4.78 is 0.326. The van der Waals surface area contributed by atoms with Crippen LogP contribution in [0.5, 0.6) is 0 Å². The maximum Gasteiger partial charge on any atom is 0.357 e. The van der Waals surface area contributed by atoms with Crippen molar-refractivity contribution in [3.63, 3.8) is 0 Å². The molecular formula is C16H17I2+. The minimum absolute atomic E-state index is 0.111. The molecule has 2 aromatic carbocycles. The zero-order chi connectivity index (χ0) is 13.0. The lowest BCUT2D eigenvalue weighted by Crippen LogP contribution is -3.60. The third kappa shape index (κ3) is 3.26. The lowest BCUT2D eigenvalue weighted by atomic mass is 9.92. The molecular weight excluding hydrogens is 446 g/mol. The molecule has 0 N–H and O–H groups in total. The first-order valence-electron chi connectivity index (χ1n) is 6.03. The van der Waals surface area contributed by atoms with Crippen molar-refractivity contribution in [1.29, 1.82) is 0 Å². The SMILES string of the molecule is Cc1ccccc1CC(C)([I+]I)c1ccccc1. The number of hydrogen-bond donors (Lipinski definition) is 0. The Morgan fingerprint density at radius 1 is 1.00 bits per heavy atom. The Kier molecular flexibility index (Phi) is 5.06. The lowest BCUT2D eigenvalue weighted by molar-refractivity contribution is -0.534. The van der Waals surface area contributed by atoms with E-state index >= 15 is 0 Å². The molecule has 0 aliphatic rings. The predicted molar refractivity (Wildman–Crippen MR) is 82.7 cm³/mol. The van der Waals surface area contributed by atoms with Gasteiger partial charge in [-0.05, 0) is 25.0 Å². The molecule has 0 bridgehead atoms. The minimum Gasteiger partial charge on any atom is -0.0622 e. The monoisotopic (exact) mass is 463 g/mol. The Bertz CT molecular complexity index is 508. The fourth-order valence-electron chi connectivity index (χ4n) is 2.12. The van der Waals surface area contributed by atoms with Crippen molar-refractivity contribution in [2.45, 2.75) is 23.7 Å². The molecule has 94 valence electrons. The van der Waals surface area contributed by atoms with Crippen molar-refractivity contribution >= 4 is 18.6 Å². The molecule has 1 atom stereocenters. The second-order valence-electron chi connectivity index (χ2n) is 4.74. The summed E-state index contributed by atoms with van der Waals surface area (Å²) in [5, 5.41) is 0. The molecule has 0 spiro atoms. The molecule has 18 heavy (non-hydrogen) atoms. The Morgan fingerprint density at radius 3 is 2.22 bits per heavy atom. The summed E-state index contributed by atoms with van der Waals surface area (Å²) in [5.41, 5.74) is 4.38. The van der Waals surface area contributed by atoms with E-state index in [4.69, 9.17) is 0 Å². The van der Waals surface area contributed by atoms with Gasteiger partial charge in [-0.25, -0.2) is 0 Å². The summed E-state index contributed by atoms with van der Waals surface area (Å²) in [7, 11) is 0. The molecule has 0 radical (unpaired) electrons. The summed E-state index contributed by atoms with van der Waals surface area (Å²) in [6.07, 6.45) is 1.15. The molecule has 0 nitrogen and oxygen atoms in total. The van der Waals surface area contributed by atoms with Gasteiger partial charge in [-0.3, -0.25) is 0 Å².